The van der Waals surface area contributed by atoms with Crippen molar-refractivity contribution in [3.05, 3.63) is 53.3 Å². The van der Waals surface area contributed by atoms with Crippen LogP contribution in [-0.4, -0.2) is 22.9 Å². The van der Waals surface area contributed by atoms with Crippen LogP contribution in [0.5, 0.6) is 0 Å². The van der Waals surface area contributed by atoms with E-state index in [9.17, 15) is 13.4 Å². The number of rotatable bonds is 5. The second-order valence-electron chi connectivity index (χ2n) is 5.27. The van der Waals surface area contributed by atoms with Crippen LogP contribution in [0.25, 0.3) is 0 Å². The van der Waals surface area contributed by atoms with Gasteiger partial charge < -0.3 is 10.6 Å². The third-order valence-electron chi connectivity index (χ3n) is 3.43. The molecule has 0 unspecified atom stereocenters. The summed E-state index contributed by atoms with van der Waals surface area (Å²) in [7, 11) is -1.40. The van der Waals surface area contributed by atoms with Crippen LogP contribution in [0.4, 0.5) is 15.8 Å². The van der Waals surface area contributed by atoms with Crippen molar-refractivity contribution in [2.75, 3.05) is 23.4 Å². The molecule has 0 heterocycles. The largest absolute Gasteiger partial charge is 0.376 e. The summed E-state index contributed by atoms with van der Waals surface area (Å²) < 4.78 is 25.0. The van der Waals surface area contributed by atoms with Crippen LogP contribution in [0.3, 0.4) is 0 Å². The van der Waals surface area contributed by atoms with Crippen LogP contribution in [0.15, 0.2) is 41.3 Å². The molecule has 0 saturated carbocycles. The summed E-state index contributed by atoms with van der Waals surface area (Å²) in [6.45, 7) is 4.01. The van der Waals surface area contributed by atoms with Gasteiger partial charge in [-0.2, -0.15) is 0 Å². The van der Waals surface area contributed by atoms with Gasteiger partial charge >= 0.3 is 0 Å². The first-order valence-electron chi connectivity index (χ1n) is 7.11. The fourth-order valence-electron chi connectivity index (χ4n) is 2.28. The lowest BCUT2D eigenvalue weighted by Gasteiger charge is -2.13. The monoisotopic (exact) mass is 334 g/mol. The fraction of sp³-hybridized carbons (Fsp3) is 0.235. The Morgan fingerprint density at radius 1 is 1.17 bits per heavy atom. The zero-order valence-corrected chi connectivity index (χ0v) is 14.1. The van der Waals surface area contributed by atoms with E-state index in [0.29, 0.717) is 5.69 Å². The quantitative estimate of drug-likeness (QED) is 0.882. The Labute approximate surface area is 137 Å². The number of halogens is 1. The third-order valence-corrected chi connectivity index (χ3v) is 4.38. The predicted octanol–water partition coefficient (Wildman–Crippen LogP) is 3.23. The van der Waals surface area contributed by atoms with Crippen molar-refractivity contribution in [3.8, 4) is 0 Å². The van der Waals surface area contributed by atoms with Crippen molar-refractivity contribution in [2.45, 2.75) is 18.7 Å². The summed E-state index contributed by atoms with van der Waals surface area (Å²) in [5.74, 6) is -0.872. The highest BCUT2D eigenvalue weighted by Crippen LogP contribution is 2.19. The fourth-order valence-corrected chi connectivity index (χ4v) is 2.87. The van der Waals surface area contributed by atoms with Crippen molar-refractivity contribution in [1.29, 1.82) is 0 Å². The van der Waals surface area contributed by atoms with E-state index >= 15 is 0 Å². The molecule has 122 valence electrons. The first-order chi connectivity index (χ1) is 10.9. The van der Waals surface area contributed by atoms with Crippen LogP contribution in [-0.2, 0) is 15.6 Å². The second-order valence-corrected chi connectivity index (χ2v) is 6.62. The molecular formula is C17H19FN2O2S. The number of benzene rings is 2. The van der Waals surface area contributed by atoms with Gasteiger partial charge in [0.2, 0.25) is 5.91 Å². The number of carbonyl (C=O) groups excluding carboxylic acids is 1. The van der Waals surface area contributed by atoms with Crippen molar-refractivity contribution in [3.63, 3.8) is 0 Å². The maximum Gasteiger partial charge on any atom is 0.243 e. The molecule has 0 aliphatic rings. The molecule has 2 aromatic rings. The molecule has 0 aromatic heterocycles. The summed E-state index contributed by atoms with van der Waals surface area (Å²) >= 11 is 0. The van der Waals surface area contributed by atoms with Gasteiger partial charge in [-0.25, -0.2) is 4.39 Å². The molecule has 6 heteroatoms. The number of para-hydroxylation sites is 1. The predicted molar refractivity (Wildman–Crippen MR) is 91.8 cm³/mol. The van der Waals surface area contributed by atoms with Crippen molar-refractivity contribution < 1.29 is 13.4 Å². The SMILES string of the molecule is Cc1cccc(C)c1NCC(=O)Nc1ccc([S@](C)=O)c(F)c1. The molecule has 23 heavy (non-hydrogen) atoms. The van der Waals surface area contributed by atoms with Crippen molar-refractivity contribution in [2.24, 2.45) is 0 Å². The summed E-state index contributed by atoms with van der Waals surface area (Å²) in [6, 6.07) is 10.0. The molecule has 2 N–H and O–H groups in total. The zero-order valence-electron chi connectivity index (χ0n) is 13.3. The Hall–Kier alpha value is -2.21. The van der Waals surface area contributed by atoms with Crippen molar-refractivity contribution in [1.82, 2.24) is 0 Å². The van der Waals surface area contributed by atoms with Gasteiger partial charge in [0.15, 0.2) is 0 Å². The van der Waals surface area contributed by atoms with Crippen LogP contribution in [0, 0.1) is 19.7 Å². The van der Waals surface area contributed by atoms with Gasteiger partial charge in [-0.3, -0.25) is 9.00 Å². The van der Waals surface area contributed by atoms with E-state index in [2.05, 4.69) is 10.6 Å². The number of amides is 1. The number of nitrogens with one attached hydrogen (secondary N) is 2. The van der Waals surface area contributed by atoms with Crippen LogP contribution in [0.2, 0.25) is 0 Å². The zero-order chi connectivity index (χ0) is 17.0. The lowest BCUT2D eigenvalue weighted by Crippen LogP contribution is -2.22. The molecule has 0 saturated heterocycles. The molecule has 0 aliphatic heterocycles. The molecule has 1 atom stereocenters. The standard InChI is InChI=1S/C17H19FN2O2S/c1-11-5-4-6-12(2)17(11)19-10-16(21)20-13-7-8-15(23(3)22)14(18)9-13/h4-9,19H,10H2,1-3H3,(H,20,21)/t23-/m0/s1. The van der Waals surface area contributed by atoms with E-state index in [1.807, 2.05) is 32.0 Å². The lowest BCUT2D eigenvalue weighted by molar-refractivity contribution is -0.114. The second kappa shape index (κ2) is 7.37. The summed E-state index contributed by atoms with van der Waals surface area (Å²) in [4.78, 5) is 12.1. The molecule has 0 fully saturated rings. The Morgan fingerprint density at radius 2 is 1.83 bits per heavy atom. The minimum atomic E-state index is -1.40. The van der Waals surface area contributed by atoms with Crippen LogP contribution in [0.1, 0.15) is 11.1 Å². The molecule has 4 nitrogen and oxygen atoms in total. The molecule has 2 rings (SSSR count). The third kappa shape index (κ3) is 4.39. The van der Waals surface area contributed by atoms with Gasteiger partial charge in [0, 0.05) is 17.6 Å². The van der Waals surface area contributed by atoms with Gasteiger partial charge in [-0.15, -0.1) is 0 Å². The lowest BCUT2D eigenvalue weighted by atomic mass is 10.1. The van der Waals surface area contributed by atoms with Gasteiger partial charge in [0.1, 0.15) is 5.82 Å². The average molecular weight is 334 g/mol. The minimum Gasteiger partial charge on any atom is -0.376 e. The van der Waals surface area contributed by atoms with Gasteiger partial charge in [-0.1, -0.05) is 18.2 Å². The first-order valence-corrected chi connectivity index (χ1v) is 8.67. The van der Waals surface area contributed by atoms with E-state index in [1.165, 1.54) is 24.5 Å². The molecule has 0 spiro atoms. The Bertz CT molecular complexity index is 742. The van der Waals surface area contributed by atoms with E-state index in [4.69, 9.17) is 0 Å². The Morgan fingerprint density at radius 3 is 2.39 bits per heavy atom. The maximum absolute atomic E-state index is 13.7. The molecule has 0 bridgehead atoms. The molecular weight excluding hydrogens is 315 g/mol. The molecule has 0 radical (unpaired) electrons. The smallest absolute Gasteiger partial charge is 0.243 e. The number of carbonyl (C=O) groups is 1. The van der Waals surface area contributed by atoms with Crippen LogP contribution < -0.4 is 10.6 Å². The topological polar surface area (TPSA) is 58.2 Å². The van der Waals surface area contributed by atoms with Gasteiger partial charge in [0.25, 0.3) is 0 Å². The van der Waals surface area contributed by atoms with E-state index in [1.54, 1.807) is 0 Å². The first kappa shape index (κ1) is 17.1. The highest BCUT2D eigenvalue weighted by Gasteiger charge is 2.09. The normalized spacial score (nSPS) is 11.8. The summed E-state index contributed by atoms with van der Waals surface area (Å²) in [6.07, 6.45) is 1.41. The molecule has 2 aromatic carbocycles. The molecule has 1 amide bonds. The number of aryl methyl sites for hydroxylation is 2. The summed E-state index contributed by atoms with van der Waals surface area (Å²) in [5.41, 5.74) is 3.37. The van der Waals surface area contributed by atoms with Crippen molar-refractivity contribution >= 4 is 28.1 Å². The number of hydrogen-bond donors (Lipinski definition) is 2. The number of hydrogen-bond acceptors (Lipinski definition) is 3. The van der Waals surface area contributed by atoms with Gasteiger partial charge in [0.05, 0.1) is 22.2 Å². The summed E-state index contributed by atoms with van der Waals surface area (Å²) in [5, 5.41) is 5.71. The Kier molecular flexibility index (Phi) is 5.50. The molecule has 0 aliphatic carbocycles. The van der Waals surface area contributed by atoms with Gasteiger partial charge in [-0.05, 0) is 43.2 Å². The van der Waals surface area contributed by atoms with E-state index in [-0.39, 0.29) is 17.3 Å². The van der Waals surface area contributed by atoms with E-state index in [0.717, 1.165) is 16.8 Å². The Balaban J connectivity index is 2.00. The highest BCUT2D eigenvalue weighted by molar-refractivity contribution is 7.84. The van der Waals surface area contributed by atoms with Crippen LogP contribution >= 0.6 is 0 Å². The highest BCUT2D eigenvalue weighted by atomic mass is 32.2. The maximum atomic E-state index is 13.7. The number of anilines is 2. The van der Waals surface area contributed by atoms with E-state index < -0.39 is 16.6 Å². The minimum absolute atomic E-state index is 0.0781. The average Bonchev–Trinajstić information content (AvgIpc) is 2.46.